The molecule has 2 bridgehead atoms. The van der Waals surface area contributed by atoms with Crippen LogP contribution in [0.5, 0.6) is 5.75 Å². The summed E-state index contributed by atoms with van der Waals surface area (Å²) in [7, 11) is 0. The number of hydrogen-bond donors (Lipinski definition) is 0. The molecule has 3 atom stereocenters. The summed E-state index contributed by atoms with van der Waals surface area (Å²) in [5.41, 5.74) is 0. The molecule has 0 radical (unpaired) electrons. The van der Waals surface area contributed by atoms with Crippen LogP contribution in [0.1, 0.15) is 31.3 Å². The van der Waals surface area contributed by atoms with Gasteiger partial charge in [-0.2, -0.15) is 0 Å². The van der Waals surface area contributed by atoms with E-state index in [-0.39, 0.29) is 0 Å². The fourth-order valence-corrected chi connectivity index (χ4v) is 3.88. The molecule has 1 saturated carbocycles. The minimum atomic E-state index is 0.296. The Kier molecular flexibility index (Phi) is 3.62. The van der Waals surface area contributed by atoms with Gasteiger partial charge in [0.2, 0.25) is 0 Å². The maximum Gasteiger partial charge on any atom is 0.138 e. The highest BCUT2D eigenvalue weighted by molar-refractivity contribution is 5.18. The molecule has 4 heteroatoms. The van der Waals surface area contributed by atoms with Crippen molar-refractivity contribution in [3.63, 3.8) is 0 Å². The zero-order chi connectivity index (χ0) is 14.9. The molecular formula is C18H22N2O2. The van der Waals surface area contributed by atoms with Crippen LogP contribution in [0.2, 0.25) is 0 Å². The number of piperidine rings is 1. The third-order valence-corrected chi connectivity index (χ3v) is 4.95. The largest absolute Gasteiger partial charge is 0.487 e. The second-order valence-corrected chi connectivity index (χ2v) is 6.33. The van der Waals surface area contributed by atoms with Gasteiger partial charge in [0.1, 0.15) is 23.4 Å². The highest BCUT2D eigenvalue weighted by atomic mass is 16.5. The second-order valence-electron chi connectivity index (χ2n) is 6.33. The Hall–Kier alpha value is -1.81. The summed E-state index contributed by atoms with van der Waals surface area (Å²) in [5.74, 6) is 3.66. The van der Waals surface area contributed by atoms with Crippen LogP contribution in [0.15, 0.2) is 41.1 Å². The number of pyridine rings is 1. The topological polar surface area (TPSA) is 38.5 Å². The number of fused-ring (bicyclic) bond motifs is 2. The summed E-state index contributed by atoms with van der Waals surface area (Å²) < 4.78 is 12.1. The Bertz CT molecular complexity index is 625. The predicted octanol–water partition coefficient (Wildman–Crippen LogP) is 3.28. The van der Waals surface area contributed by atoms with E-state index in [2.05, 4.69) is 28.9 Å². The van der Waals surface area contributed by atoms with E-state index in [9.17, 15) is 0 Å². The molecule has 0 N–H and O–H groups in total. The zero-order valence-electron chi connectivity index (χ0n) is 12.9. The molecule has 1 aliphatic heterocycles. The lowest BCUT2D eigenvalue weighted by Crippen LogP contribution is -2.35. The van der Waals surface area contributed by atoms with Crippen molar-refractivity contribution >= 4 is 0 Å². The van der Waals surface area contributed by atoms with Crippen LogP contribution in [0.4, 0.5) is 0 Å². The summed E-state index contributed by atoms with van der Waals surface area (Å²) in [5, 5.41) is 0. The van der Waals surface area contributed by atoms with Crippen LogP contribution in [-0.2, 0) is 13.0 Å². The molecule has 2 aromatic heterocycles. The van der Waals surface area contributed by atoms with Crippen LogP contribution in [0, 0.1) is 5.92 Å². The molecule has 2 aromatic rings. The van der Waals surface area contributed by atoms with Gasteiger partial charge in [-0.1, -0.05) is 6.92 Å². The number of rotatable bonds is 5. The number of hydrogen-bond acceptors (Lipinski definition) is 4. The molecule has 0 spiro atoms. The van der Waals surface area contributed by atoms with Crippen molar-refractivity contribution in [3.8, 4) is 5.75 Å². The fraction of sp³-hybridized carbons (Fsp3) is 0.500. The lowest BCUT2D eigenvalue weighted by molar-refractivity contribution is 0.135. The van der Waals surface area contributed by atoms with Gasteiger partial charge >= 0.3 is 0 Å². The molecule has 0 aromatic carbocycles. The molecule has 0 unspecified atom stereocenters. The molecule has 4 nitrogen and oxygen atoms in total. The predicted molar refractivity (Wildman–Crippen MR) is 83.7 cm³/mol. The van der Waals surface area contributed by atoms with E-state index in [1.165, 1.54) is 12.8 Å². The van der Waals surface area contributed by atoms with E-state index < -0.39 is 0 Å². The number of aromatic nitrogens is 1. The molecule has 3 heterocycles. The molecule has 2 fully saturated rings. The maximum absolute atomic E-state index is 6.22. The molecule has 0 amide bonds. The van der Waals surface area contributed by atoms with Gasteiger partial charge in [0.05, 0.1) is 12.7 Å². The number of furan rings is 1. The van der Waals surface area contributed by atoms with Crippen molar-refractivity contribution < 1.29 is 9.15 Å². The average Bonchev–Trinajstić information content (AvgIpc) is 3.24. The highest BCUT2D eigenvalue weighted by Crippen LogP contribution is 2.40. The average molecular weight is 298 g/mol. The van der Waals surface area contributed by atoms with E-state index in [0.29, 0.717) is 18.1 Å². The van der Waals surface area contributed by atoms with E-state index in [4.69, 9.17) is 9.15 Å². The smallest absolute Gasteiger partial charge is 0.138 e. The van der Waals surface area contributed by atoms with Gasteiger partial charge in [-0.05, 0) is 37.1 Å². The first-order valence-corrected chi connectivity index (χ1v) is 8.22. The first-order chi connectivity index (χ1) is 10.8. The summed E-state index contributed by atoms with van der Waals surface area (Å²) in [6, 6.07) is 8.63. The minimum Gasteiger partial charge on any atom is -0.487 e. The highest BCUT2D eigenvalue weighted by Gasteiger charge is 2.48. The minimum absolute atomic E-state index is 0.296. The van der Waals surface area contributed by atoms with Crippen LogP contribution in [-0.4, -0.2) is 28.6 Å². The van der Waals surface area contributed by atoms with E-state index in [0.717, 1.165) is 36.8 Å². The molecular weight excluding hydrogens is 276 g/mol. The number of nitrogens with zero attached hydrogens (tertiary/aromatic N) is 2. The lowest BCUT2D eigenvalue weighted by atomic mass is 10.1. The number of likely N-dealkylation sites (tertiary alicyclic amines) is 1. The number of ether oxygens (including phenoxy) is 1. The van der Waals surface area contributed by atoms with Gasteiger partial charge in [-0.15, -0.1) is 0 Å². The third kappa shape index (κ3) is 2.52. The molecule has 4 rings (SSSR count). The lowest BCUT2D eigenvalue weighted by Gasteiger charge is -2.26. The molecule has 116 valence electrons. The fourth-order valence-electron chi connectivity index (χ4n) is 3.88. The quantitative estimate of drug-likeness (QED) is 0.849. The van der Waals surface area contributed by atoms with E-state index >= 15 is 0 Å². The van der Waals surface area contributed by atoms with Crippen molar-refractivity contribution in [1.29, 1.82) is 0 Å². The first kappa shape index (κ1) is 13.8. The van der Waals surface area contributed by atoms with Crippen LogP contribution in [0.25, 0.3) is 0 Å². The van der Waals surface area contributed by atoms with Gasteiger partial charge in [-0.3, -0.25) is 9.88 Å². The Morgan fingerprint density at radius 3 is 2.95 bits per heavy atom. The van der Waals surface area contributed by atoms with Crippen LogP contribution < -0.4 is 4.74 Å². The maximum atomic E-state index is 6.22. The first-order valence-electron chi connectivity index (χ1n) is 8.22. The van der Waals surface area contributed by atoms with Gasteiger partial charge in [0.25, 0.3) is 0 Å². The Labute approximate surface area is 131 Å². The summed E-state index contributed by atoms with van der Waals surface area (Å²) in [6.45, 7) is 4.13. The van der Waals surface area contributed by atoms with Crippen molar-refractivity contribution in [2.75, 3.05) is 6.54 Å². The van der Waals surface area contributed by atoms with Gasteiger partial charge in [0.15, 0.2) is 0 Å². The van der Waals surface area contributed by atoms with Gasteiger partial charge in [0, 0.05) is 31.1 Å². The molecule has 1 saturated heterocycles. The van der Waals surface area contributed by atoms with Gasteiger partial charge < -0.3 is 9.15 Å². The van der Waals surface area contributed by atoms with Crippen molar-refractivity contribution in [2.24, 2.45) is 5.92 Å². The van der Waals surface area contributed by atoms with E-state index in [1.54, 1.807) is 6.20 Å². The van der Waals surface area contributed by atoms with Gasteiger partial charge in [-0.25, -0.2) is 0 Å². The number of aryl methyl sites for hydroxylation is 1. The summed E-state index contributed by atoms with van der Waals surface area (Å²) >= 11 is 0. The second kappa shape index (κ2) is 5.76. The van der Waals surface area contributed by atoms with Crippen molar-refractivity contribution in [3.05, 3.63) is 48.2 Å². The van der Waals surface area contributed by atoms with Crippen molar-refractivity contribution in [2.45, 2.75) is 44.9 Å². The summed E-state index contributed by atoms with van der Waals surface area (Å²) in [6.07, 6.45) is 7.33. The Morgan fingerprint density at radius 1 is 1.27 bits per heavy atom. The molecule has 2 aliphatic rings. The monoisotopic (exact) mass is 298 g/mol. The van der Waals surface area contributed by atoms with Crippen LogP contribution in [0.3, 0.4) is 0 Å². The third-order valence-electron chi connectivity index (χ3n) is 4.95. The molecule has 22 heavy (non-hydrogen) atoms. The van der Waals surface area contributed by atoms with Crippen molar-refractivity contribution in [1.82, 2.24) is 9.88 Å². The standard InChI is InChI=1S/C18H22N2O2/c1-2-14-6-7-16(21-14)12-20-11-13-5-8-17(20)18(13)22-15-4-3-9-19-10-15/h3-4,6-7,9-10,13,17-18H,2,5,8,11-12H2,1H3/t13-,17+,18+/m1/s1. The van der Waals surface area contributed by atoms with E-state index in [1.807, 2.05) is 18.3 Å². The SMILES string of the molecule is CCc1ccc(CN2C[C@H]3CC[C@H]2[C@H]3Oc2cccnc2)o1. The Balaban J connectivity index is 1.44. The summed E-state index contributed by atoms with van der Waals surface area (Å²) in [4.78, 5) is 6.66. The van der Waals surface area contributed by atoms with Crippen LogP contribution >= 0.6 is 0 Å². The normalized spacial score (nSPS) is 27.4. The zero-order valence-corrected chi connectivity index (χ0v) is 12.9. The Morgan fingerprint density at radius 2 is 2.18 bits per heavy atom. The molecule has 1 aliphatic carbocycles.